The second-order valence-corrected chi connectivity index (χ2v) is 8.74. The van der Waals surface area contributed by atoms with E-state index in [1.54, 1.807) is 12.0 Å². The van der Waals surface area contributed by atoms with Crippen molar-refractivity contribution in [2.24, 2.45) is 0 Å². The number of nitrogens with one attached hydrogen (secondary N) is 1. The standard InChI is InChI=1S/C27H36N2O3/c1-4-25(27(31)28-23-12-6-5-7-13-23)29(19-21-14-16-24(32-3)17-15-21)26(30)18-22-11-9-8-10-20(22)2/h8-11,14-17,23,25H,4-7,12-13,18-19H2,1-3H3,(H,28,31)/t25-/m1/s1. The molecule has 3 rings (SSSR count). The molecule has 1 atom stereocenters. The molecule has 32 heavy (non-hydrogen) atoms. The van der Waals surface area contributed by atoms with Crippen LogP contribution in [-0.2, 0) is 22.6 Å². The van der Waals surface area contributed by atoms with Gasteiger partial charge in [-0.3, -0.25) is 9.59 Å². The number of hydrogen-bond acceptors (Lipinski definition) is 3. The fourth-order valence-electron chi connectivity index (χ4n) is 4.46. The fourth-order valence-corrected chi connectivity index (χ4v) is 4.46. The van der Waals surface area contributed by atoms with Crippen LogP contribution in [0.2, 0.25) is 0 Å². The summed E-state index contributed by atoms with van der Waals surface area (Å²) in [5.41, 5.74) is 3.07. The normalized spacial score (nSPS) is 15.1. The Bertz CT molecular complexity index is 888. The lowest BCUT2D eigenvalue weighted by Crippen LogP contribution is -2.52. The second-order valence-electron chi connectivity index (χ2n) is 8.74. The molecule has 5 heteroatoms. The van der Waals surface area contributed by atoms with E-state index in [-0.39, 0.29) is 24.3 Å². The van der Waals surface area contributed by atoms with Crippen LogP contribution in [0.15, 0.2) is 48.5 Å². The van der Waals surface area contributed by atoms with Gasteiger partial charge in [0.15, 0.2) is 0 Å². The van der Waals surface area contributed by atoms with Gasteiger partial charge >= 0.3 is 0 Å². The number of rotatable bonds is 9. The first-order chi connectivity index (χ1) is 15.5. The van der Waals surface area contributed by atoms with Crippen molar-refractivity contribution in [3.8, 4) is 5.75 Å². The minimum atomic E-state index is -0.490. The Labute approximate surface area is 192 Å². The van der Waals surface area contributed by atoms with Crippen LogP contribution < -0.4 is 10.1 Å². The van der Waals surface area contributed by atoms with Gasteiger partial charge < -0.3 is 15.0 Å². The Hall–Kier alpha value is -2.82. The number of aryl methyl sites for hydroxylation is 1. The van der Waals surface area contributed by atoms with Gasteiger partial charge in [-0.25, -0.2) is 0 Å². The summed E-state index contributed by atoms with van der Waals surface area (Å²) in [6, 6.07) is 15.4. The van der Waals surface area contributed by atoms with Crippen molar-refractivity contribution in [2.45, 2.75) is 77.4 Å². The van der Waals surface area contributed by atoms with Gasteiger partial charge in [0, 0.05) is 12.6 Å². The predicted octanol–water partition coefficient (Wildman–Crippen LogP) is 4.80. The number of hydrogen-bond donors (Lipinski definition) is 1. The summed E-state index contributed by atoms with van der Waals surface area (Å²) in [4.78, 5) is 28.5. The number of ether oxygens (including phenoxy) is 1. The number of nitrogens with zero attached hydrogens (tertiary/aromatic N) is 1. The maximum Gasteiger partial charge on any atom is 0.243 e. The SMILES string of the molecule is CC[C@H](C(=O)NC1CCCCC1)N(Cc1ccc(OC)cc1)C(=O)Cc1ccccc1C. The molecule has 172 valence electrons. The summed E-state index contributed by atoms with van der Waals surface area (Å²) in [6.07, 6.45) is 6.47. The summed E-state index contributed by atoms with van der Waals surface area (Å²) in [7, 11) is 1.63. The van der Waals surface area contributed by atoms with Crippen LogP contribution in [0.25, 0.3) is 0 Å². The number of carbonyl (C=O) groups is 2. The number of benzene rings is 2. The van der Waals surface area contributed by atoms with Gasteiger partial charge in [0.05, 0.1) is 13.5 Å². The van der Waals surface area contributed by atoms with Gasteiger partial charge in [0.2, 0.25) is 11.8 Å². The molecule has 0 radical (unpaired) electrons. The third-order valence-electron chi connectivity index (χ3n) is 6.45. The zero-order valence-electron chi connectivity index (χ0n) is 19.6. The van der Waals surface area contributed by atoms with E-state index >= 15 is 0 Å². The molecule has 0 aliphatic heterocycles. The highest BCUT2D eigenvalue weighted by molar-refractivity contribution is 5.88. The third-order valence-corrected chi connectivity index (χ3v) is 6.45. The smallest absolute Gasteiger partial charge is 0.243 e. The Morgan fingerprint density at radius 2 is 1.75 bits per heavy atom. The summed E-state index contributed by atoms with van der Waals surface area (Å²) in [5, 5.41) is 3.23. The van der Waals surface area contributed by atoms with Gasteiger partial charge in [-0.2, -0.15) is 0 Å². The first-order valence-corrected chi connectivity index (χ1v) is 11.8. The van der Waals surface area contributed by atoms with Crippen LogP contribution in [0.3, 0.4) is 0 Å². The van der Waals surface area contributed by atoms with Crippen molar-refractivity contribution in [3.05, 3.63) is 65.2 Å². The Kier molecular flexibility index (Phi) is 8.72. The lowest BCUT2D eigenvalue weighted by atomic mass is 9.95. The van der Waals surface area contributed by atoms with Crippen LogP contribution in [0.1, 0.15) is 62.1 Å². The van der Waals surface area contributed by atoms with Gasteiger partial charge in [-0.15, -0.1) is 0 Å². The first kappa shape index (κ1) is 23.8. The second kappa shape index (κ2) is 11.7. The molecule has 1 aliphatic carbocycles. The van der Waals surface area contributed by atoms with E-state index in [4.69, 9.17) is 4.74 Å². The largest absolute Gasteiger partial charge is 0.497 e. The molecular formula is C27H36N2O3. The van der Waals surface area contributed by atoms with E-state index in [2.05, 4.69) is 5.32 Å². The van der Waals surface area contributed by atoms with Crippen molar-refractivity contribution < 1.29 is 14.3 Å². The molecule has 1 fully saturated rings. The molecule has 0 aromatic heterocycles. The highest BCUT2D eigenvalue weighted by Crippen LogP contribution is 2.21. The molecular weight excluding hydrogens is 400 g/mol. The summed E-state index contributed by atoms with van der Waals surface area (Å²) >= 11 is 0. The van der Waals surface area contributed by atoms with Crippen molar-refractivity contribution >= 4 is 11.8 Å². The summed E-state index contributed by atoms with van der Waals surface area (Å²) in [6.45, 7) is 4.39. The predicted molar refractivity (Wildman–Crippen MR) is 128 cm³/mol. The van der Waals surface area contributed by atoms with Crippen molar-refractivity contribution in [1.29, 1.82) is 0 Å². The molecule has 0 bridgehead atoms. The van der Waals surface area contributed by atoms with E-state index < -0.39 is 6.04 Å². The molecule has 1 aliphatic rings. The quantitative estimate of drug-likeness (QED) is 0.614. The third kappa shape index (κ3) is 6.35. The van der Waals surface area contributed by atoms with E-state index in [9.17, 15) is 9.59 Å². The average Bonchev–Trinajstić information content (AvgIpc) is 2.81. The lowest BCUT2D eigenvalue weighted by Gasteiger charge is -2.33. The molecule has 0 saturated heterocycles. The molecule has 5 nitrogen and oxygen atoms in total. The molecule has 2 amide bonds. The lowest BCUT2D eigenvalue weighted by molar-refractivity contribution is -0.141. The van der Waals surface area contributed by atoms with Gasteiger partial charge in [0.25, 0.3) is 0 Å². The number of carbonyl (C=O) groups excluding carboxylic acids is 2. The Morgan fingerprint density at radius 3 is 2.38 bits per heavy atom. The van der Waals surface area contributed by atoms with E-state index in [0.717, 1.165) is 48.1 Å². The van der Waals surface area contributed by atoms with Crippen LogP contribution in [0, 0.1) is 6.92 Å². The monoisotopic (exact) mass is 436 g/mol. The highest BCUT2D eigenvalue weighted by atomic mass is 16.5. The molecule has 0 heterocycles. The minimum Gasteiger partial charge on any atom is -0.497 e. The summed E-state index contributed by atoms with van der Waals surface area (Å²) in [5.74, 6) is 0.709. The maximum absolute atomic E-state index is 13.5. The molecule has 0 unspecified atom stereocenters. The zero-order chi connectivity index (χ0) is 22.9. The molecule has 1 N–H and O–H groups in total. The summed E-state index contributed by atoms with van der Waals surface area (Å²) < 4.78 is 5.26. The average molecular weight is 437 g/mol. The highest BCUT2D eigenvalue weighted by Gasteiger charge is 2.30. The van der Waals surface area contributed by atoms with Crippen LogP contribution in [-0.4, -0.2) is 35.9 Å². The van der Waals surface area contributed by atoms with Crippen molar-refractivity contribution in [2.75, 3.05) is 7.11 Å². The van der Waals surface area contributed by atoms with Crippen molar-refractivity contribution in [1.82, 2.24) is 10.2 Å². The topological polar surface area (TPSA) is 58.6 Å². The Balaban J connectivity index is 1.81. The van der Waals surface area contributed by atoms with E-state index in [1.807, 2.05) is 62.4 Å². The van der Waals surface area contributed by atoms with Gasteiger partial charge in [-0.1, -0.05) is 62.6 Å². The number of amides is 2. The van der Waals surface area contributed by atoms with Crippen LogP contribution >= 0.6 is 0 Å². The minimum absolute atomic E-state index is 0.0271. The van der Waals surface area contributed by atoms with Crippen LogP contribution in [0.5, 0.6) is 5.75 Å². The zero-order valence-corrected chi connectivity index (χ0v) is 19.6. The fraction of sp³-hybridized carbons (Fsp3) is 0.481. The molecule has 0 spiro atoms. The van der Waals surface area contributed by atoms with Crippen LogP contribution in [0.4, 0.5) is 0 Å². The van der Waals surface area contributed by atoms with Gasteiger partial charge in [0.1, 0.15) is 11.8 Å². The Morgan fingerprint density at radius 1 is 1.06 bits per heavy atom. The van der Waals surface area contributed by atoms with E-state index in [0.29, 0.717) is 13.0 Å². The number of methoxy groups -OCH3 is 1. The molecule has 1 saturated carbocycles. The van der Waals surface area contributed by atoms with Gasteiger partial charge in [-0.05, 0) is 55.0 Å². The maximum atomic E-state index is 13.5. The van der Waals surface area contributed by atoms with Crippen molar-refractivity contribution in [3.63, 3.8) is 0 Å². The molecule has 2 aromatic rings. The van der Waals surface area contributed by atoms with E-state index in [1.165, 1.54) is 6.42 Å². The molecule has 2 aromatic carbocycles. The first-order valence-electron chi connectivity index (χ1n) is 11.8.